The van der Waals surface area contributed by atoms with Crippen molar-refractivity contribution in [3.05, 3.63) is 11.1 Å². The fraction of sp³-hybridized carbons (Fsp3) is 0.636. The van der Waals surface area contributed by atoms with Gasteiger partial charge in [-0.1, -0.05) is 0 Å². The van der Waals surface area contributed by atoms with Crippen LogP contribution >= 0.6 is 11.3 Å². The van der Waals surface area contributed by atoms with E-state index >= 15 is 0 Å². The molecule has 1 aliphatic carbocycles. The molecule has 2 heterocycles. The third-order valence-electron chi connectivity index (χ3n) is 3.21. The summed E-state index contributed by atoms with van der Waals surface area (Å²) < 4.78 is 22.6. The van der Waals surface area contributed by atoms with E-state index in [0.29, 0.717) is 18.2 Å². The molecular weight excluding hydrogens is 286 g/mol. The normalized spacial score (nSPS) is 25.2. The minimum atomic E-state index is -2.97. The molecule has 0 bridgehead atoms. The van der Waals surface area contributed by atoms with Crippen LogP contribution in [0.5, 0.6) is 0 Å². The lowest BCUT2D eigenvalue weighted by Gasteiger charge is -2.08. The molecule has 0 aromatic carbocycles. The van der Waals surface area contributed by atoms with Gasteiger partial charge in [0, 0.05) is 17.5 Å². The Balaban J connectivity index is 1.59. The Morgan fingerprint density at radius 3 is 2.74 bits per heavy atom. The number of anilines is 1. The minimum absolute atomic E-state index is 0.0378. The lowest BCUT2D eigenvalue weighted by atomic mass is 10.2. The van der Waals surface area contributed by atoms with Gasteiger partial charge >= 0.3 is 0 Å². The molecule has 2 fully saturated rings. The average Bonchev–Trinajstić information content (AvgIpc) is 2.89. The van der Waals surface area contributed by atoms with Crippen molar-refractivity contribution in [1.82, 2.24) is 10.3 Å². The number of rotatable bonds is 4. The van der Waals surface area contributed by atoms with Gasteiger partial charge in [0.2, 0.25) is 0 Å². The van der Waals surface area contributed by atoms with Crippen molar-refractivity contribution < 1.29 is 13.2 Å². The summed E-state index contributed by atoms with van der Waals surface area (Å²) >= 11 is 1.40. The summed E-state index contributed by atoms with van der Waals surface area (Å²) in [6.45, 7) is 0. The molecule has 1 aromatic heterocycles. The number of carbonyl (C=O) groups excluding carboxylic acids is 1. The highest BCUT2D eigenvalue weighted by atomic mass is 32.2. The van der Waals surface area contributed by atoms with Gasteiger partial charge in [0.15, 0.2) is 15.0 Å². The molecule has 0 spiro atoms. The van der Waals surface area contributed by atoms with Crippen LogP contribution in [0.1, 0.15) is 29.8 Å². The van der Waals surface area contributed by atoms with Gasteiger partial charge in [0.05, 0.1) is 11.5 Å². The average molecular weight is 301 g/mol. The number of sulfone groups is 1. The van der Waals surface area contributed by atoms with Crippen LogP contribution in [0.15, 0.2) is 5.38 Å². The molecule has 104 valence electrons. The molecule has 3 rings (SSSR count). The van der Waals surface area contributed by atoms with E-state index in [9.17, 15) is 13.2 Å². The SMILES string of the molecule is O=C(NC1CCS(=O)(=O)C1)c1csc(NC2CC2)n1. The van der Waals surface area contributed by atoms with Crippen LogP contribution in [-0.4, -0.2) is 42.9 Å². The quantitative estimate of drug-likeness (QED) is 0.852. The molecule has 2 N–H and O–H groups in total. The van der Waals surface area contributed by atoms with Gasteiger partial charge in [-0.3, -0.25) is 4.79 Å². The molecule has 8 heteroatoms. The minimum Gasteiger partial charge on any atom is -0.359 e. The third kappa shape index (κ3) is 3.24. The maximum atomic E-state index is 11.9. The smallest absolute Gasteiger partial charge is 0.271 e. The highest BCUT2D eigenvalue weighted by molar-refractivity contribution is 7.91. The predicted octanol–water partition coefficient (Wildman–Crippen LogP) is 0.634. The number of amides is 1. The van der Waals surface area contributed by atoms with Crippen LogP contribution in [0.25, 0.3) is 0 Å². The van der Waals surface area contributed by atoms with Gasteiger partial charge in [-0.15, -0.1) is 11.3 Å². The van der Waals surface area contributed by atoms with Crippen LogP contribution < -0.4 is 10.6 Å². The number of thiazole rings is 1. The Bertz CT molecular complexity index is 592. The number of hydrogen-bond donors (Lipinski definition) is 2. The number of hydrogen-bond acceptors (Lipinski definition) is 6. The predicted molar refractivity (Wildman–Crippen MR) is 73.3 cm³/mol. The van der Waals surface area contributed by atoms with E-state index in [1.54, 1.807) is 5.38 Å². The molecule has 2 aliphatic rings. The van der Waals surface area contributed by atoms with Crippen LogP contribution in [-0.2, 0) is 9.84 Å². The van der Waals surface area contributed by atoms with E-state index in [4.69, 9.17) is 0 Å². The highest BCUT2D eigenvalue weighted by Gasteiger charge is 2.29. The standard InChI is InChI=1S/C11H15N3O3S2/c15-10(12-8-3-4-19(16,17)6-8)9-5-18-11(14-9)13-7-1-2-7/h5,7-8H,1-4,6H2,(H,12,15)(H,13,14). The highest BCUT2D eigenvalue weighted by Crippen LogP contribution is 2.26. The van der Waals surface area contributed by atoms with Gasteiger partial charge in [-0.2, -0.15) is 0 Å². The first-order valence-electron chi connectivity index (χ1n) is 6.25. The van der Waals surface area contributed by atoms with Crippen LogP contribution in [0.3, 0.4) is 0 Å². The Kier molecular flexibility index (Phi) is 3.22. The van der Waals surface area contributed by atoms with Crippen molar-refractivity contribution in [3.8, 4) is 0 Å². The molecule has 0 radical (unpaired) electrons. The Morgan fingerprint density at radius 2 is 2.11 bits per heavy atom. The first kappa shape index (κ1) is 12.9. The molecule has 1 amide bonds. The second kappa shape index (κ2) is 4.75. The van der Waals surface area contributed by atoms with Gasteiger partial charge in [-0.05, 0) is 19.3 Å². The van der Waals surface area contributed by atoms with E-state index in [1.807, 2.05) is 0 Å². The Hall–Kier alpha value is -1.15. The third-order valence-corrected chi connectivity index (χ3v) is 5.75. The molecular formula is C11H15N3O3S2. The number of carbonyl (C=O) groups is 1. The number of nitrogens with one attached hydrogen (secondary N) is 2. The van der Waals surface area contributed by atoms with E-state index in [0.717, 1.165) is 18.0 Å². The zero-order chi connectivity index (χ0) is 13.5. The first-order chi connectivity index (χ1) is 9.02. The van der Waals surface area contributed by atoms with Crippen LogP contribution in [0, 0.1) is 0 Å². The number of nitrogens with zero attached hydrogens (tertiary/aromatic N) is 1. The lowest BCUT2D eigenvalue weighted by Crippen LogP contribution is -2.35. The van der Waals surface area contributed by atoms with Crippen LogP contribution in [0.4, 0.5) is 5.13 Å². The second-order valence-electron chi connectivity index (χ2n) is 5.03. The van der Waals surface area contributed by atoms with Crippen molar-refractivity contribution >= 4 is 32.2 Å². The first-order valence-corrected chi connectivity index (χ1v) is 8.95. The summed E-state index contributed by atoms with van der Waals surface area (Å²) in [5.74, 6) is -0.0956. The molecule has 1 unspecified atom stereocenters. The van der Waals surface area contributed by atoms with E-state index in [1.165, 1.54) is 11.3 Å². The maximum absolute atomic E-state index is 11.9. The fourth-order valence-corrected chi connectivity index (χ4v) is 4.46. The Morgan fingerprint density at radius 1 is 1.32 bits per heavy atom. The summed E-state index contributed by atoms with van der Waals surface area (Å²) in [4.78, 5) is 16.2. The summed E-state index contributed by atoms with van der Waals surface area (Å²) in [6.07, 6.45) is 2.80. The second-order valence-corrected chi connectivity index (χ2v) is 8.12. The maximum Gasteiger partial charge on any atom is 0.271 e. The topological polar surface area (TPSA) is 88.2 Å². The Labute approximate surface area is 115 Å². The molecule has 1 saturated heterocycles. The van der Waals surface area contributed by atoms with Gasteiger partial charge in [0.1, 0.15) is 5.69 Å². The van der Waals surface area contributed by atoms with Gasteiger partial charge < -0.3 is 10.6 Å². The van der Waals surface area contributed by atoms with E-state index in [2.05, 4.69) is 15.6 Å². The van der Waals surface area contributed by atoms with Crippen molar-refractivity contribution in [2.45, 2.75) is 31.3 Å². The van der Waals surface area contributed by atoms with E-state index < -0.39 is 9.84 Å². The van der Waals surface area contributed by atoms with Gasteiger partial charge in [-0.25, -0.2) is 13.4 Å². The lowest BCUT2D eigenvalue weighted by molar-refractivity contribution is 0.0937. The van der Waals surface area contributed by atoms with Crippen molar-refractivity contribution in [3.63, 3.8) is 0 Å². The van der Waals surface area contributed by atoms with Crippen molar-refractivity contribution in [2.24, 2.45) is 0 Å². The largest absolute Gasteiger partial charge is 0.359 e. The summed E-state index contributed by atoms with van der Waals surface area (Å²) in [5.41, 5.74) is 0.359. The zero-order valence-electron chi connectivity index (χ0n) is 10.3. The molecule has 6 nitrogen and oxygen atoms in total. The summed E-state index contributed by atoms with van der Waals surface area (Å²) in [7, 11) is -2.97. The van der Waals surface area contributed by atoms with Gasteiger partial charge in [0.25, 0.3) is 5.91 Å². The van der Waals surface area contributed by atoms with Crippen LogP contribution in [0.2, 0.25) is 0 Å². The summed E-state index contributed by atoms with van der Waals surface area (Å²) in [5, 5.41) is 8.41. The molecule has 1 aliphatic heterocycles. The molecule has 19 heavy (non-hydrogen) atoms. The molecule has 1 saturated carbocycles. The zero-order valence-corrected chi connectivity index (χ0v) is 11.9. The fourth-order valence-electron chi connectivity index (χ4n) is 2.01. The monoisotopic (exact) mass is 301 g/mol. The molecule has 1 aromatic rings. The van der Waals surface area contributed by atoms with Crippen molar-refractivity contribution in [1.29, 1.82) is 0 Å². The molecule has 1 atom stereocenters. The van der Waals surface area contributed by atoms with Crippen molar-refractivity contribution in [2.75, 3.05) is 16.8 Å². The van der Waals surface area contributed by atoms with E-state index in [-0.39, 0.29) is 23.5 Å². The number of aromatic nitrogens is 1. The summed E-state index contributed by atoms with van der Waals surface area (Å²) in [6, 6.07) is 0.223.